The van der Waals surface area contributed by atoms with E-state index < -0.39 is 6.17 Å². The Bertz CT molecular complexity index is 85.7. The van der Waals surface area contributed by atoms with Crippen LogP contribution < -0.4 is 11.1 Å². The second kappa shape index (κ2) is 4.63. The molecule has 0 fully saturated rings. The van der Waals surface area contributed by atoms with Crippen molar-refractivity contribution in [1.29, 1.82) is 0 Å². The molecule has 0 rings (SSSR count). The molecule has 0 aromatic rings. The summed E-state index contributed by atoms with van der Waals surface area (Å²) in [7, 11) is 0. The van der Waals surface area contributed by atoms with Gasteiger partial charge in [0.05, 0.1) is 0 Å². The molecule has 0 heterocycles. The fraction of sp³-hybridized carbons (Fsp3) is 1.00. The van der Waals surface area contributed by atoms with E-state index >= 15 is 0 Å². The van der Waals surface area contributed by atoms with Crippen molar-refractivity contribution in [2.75, 3.05) is 6.54 Å². The van der Waals surface area contributed by atoms with Gasteiger partial charge in [0.15, 0.2) is 0 Å². The van der Waals surface area contributed by atoms with Crippen LogP contribution in [0.5, 0.6) is 0 Å². The van der Waals surface area contributed by atoms with E-state index in [1.54, 1.807) is 6.92 Å². The topological polar surface area (TPSA) is 38.0 Å². The van der Waals surface area contributed by atoms with Crippen molar-refractivity contribution in [3.63, 3.8) is 0 Å². The van der Waals surface area contributed by atoms with E-state index in [1.807, 2.05) is 13.8 Å². The molecule has 0 spiro atoms. The SMILES string of the molecule is CC(C)NC(C)[C@@H](F)CN. The van der Waals surface area contributed by atoms with Crippen LogP contribution in [0.3, 0.4) is 0 Å². The highest BCUT2D eigenvalue weighted by molar-refractivity contribution is 4.73. The van der Waals surface area contributed by atoms with Crippen LogP contribution in [0, 0.1) is 0 Å². The molecule has 0 bridgehead atoms. The summed E-state index contributed by atoms with van der Waals surface area (Å²) in [5.41, 5.74) is 5.13. The molecule has 2 atom stereocenters. The predicted molar refractivity (Wildman–Crippen MR) is 41.7 cm³/mol. The Morgan fingerprint density at radius 3 is 2.20 bits per heavy atom. The van der Waals surface area contributed by atoms with Crippen molar-refractivity contribution in [2.45, 2.75) is 39.0 Å². The van der Waals surface area contributed by atoms with Crippen LogP contribution in [-0.4, -0.2) is 24.8 Å². The van der Waals surface area contributed by atoms with Crippen LogP contribution in [0.25, 0.3) is 0 Å². The van der Waals surface area contributed by atoms with Crippen molar-refractivity contribution in [3.05, 3.63) is 0 Å². The molecular weight excluding hydrogens is 131 g/mol. The van der Waals surface area contributed by atoms with Gasteiger partial charge in [-0.25, -0.2) is 4.39 Å². The average molecular weight is 148 g/mol. The summed E-state index contributed by atoms with van der Waals surface area (Å²) >= 11 is 0. The number of hydrogen-bond donors (Lipinski definition) is 2. The molecule has 0 aromatic heterocycles. The lowest BCUT2D eigenvalue weighted by Crippen LogP contribution is -2.42. The molecule has 0 radical (unpaired) electrons. The summed E-state index contributed by atoms with van der Waals surface area (Å²) in [5, 5.41) is 3.04. The highest BCUT2D eigenvalue weighted by Gasteiger charge is 2.13. The summed E-state index contributed by atoms with van der Waals surface area (Å²) < 4.78 is 12.7. The molecular formula is C7H17FN2. The first-order valence-corrected chi connectivity index (χ1v) is 3.68. The molecule has 0 aliphatic heterocycles. The maximum absolute atomic E-state index is 12.7. The van der Waals surface area contributed by atoms with Gasteiger partial charge in [-0.15, -0.1) is 0 Å². The summed E-state index contributed by atoms with van der Waals surface area (Å²) in [6.45, 7) is 5.87. The Morgan fingerprint density at radius 2 is 1.90 bits per heavy atom. The molecule has 0 saturated heterocycles. The van der Waals surface area contributed by atoms with Crippen molar-refractivity contribution in [3.8, 4) is 0 Å². The summed E-state index contributed by atoms with van der Waals surface area (Å²) in [6.07, 6.45) is -0.928. The van der Waals surface area contributed by atoms with Gasteiger partial charge in [0.2, 0.25) is 0 Å². The highest BCUT2D eigenvalue weighted by Crippen LogP contribution is 1.96. The molecule has 2 nitrogen and oxygen atoms in total. The Labute approximate surface area is 62.0 Å². The Balaban J connectivity index is 3.50. The zero-order valence-corrected chi connectivity index (χ0v) is 6.89. The van der Waals surface area contributed by atoms with Gasteiger partial charge in [-0.1, -0.05) is 13.8 Å². The lowest BCUT2D eigenvalue weighted by atomic mass is 10.2. The fourth-order valence-electron chi connectivity index (χ4n) is 0.834. The lowest BCUT2D eigenvalue weighted by molar-refractivity contribution is 0.257. The average Bonchev–Trinajstić information content (AvgIpc) is 1.85. The number of halogens is 1. The molecule has 0 saturated carbocycles. The van der Waals surface area contributed by atoms with Gasteiger partial charge in [0.25, 0.3) is 0 Å². The van der Waals surface area contributed by atoms with E-state index in [4.69, 9.17) is 5.73 Å². The van der Waals surface area contributed by atoms with Gasteiger partial charge in [-0.3, -0.25) is 0 Å². The van der Waals surface area contributed by atoms with Crippen molar-refractivity contribution >= 4 is 0 Å². The summed E-state index contributed by atoms with van der Waals surface area (Å²) in [5.74, 6) is 0. The van der Waals surface area contributed by atoms with Gasteiger partial charge in [-0.05, 0) is 6.92 Å². The largest absolute Gasteiger partial charge is 0.328 e. The first-order chi connectivity index (χ1) is 4.57. The van der Waals surface area contributed by atoms with E-state index in [-0.39, 0.29) is 12.6 Å². The monoisotopic (exact) mass is 148 g/mol. The fourth-order valence-corrected chi connectivity index (χ4v) is 0.834. The number of rotatable bonds is 4. The number of hydrogen-bond acceptors (Lipinski definition) is 2. The van der Waals surface area contributed by atoms with Crippen LogP contribution >= 0.6 is 0 Å². The summed E-state index contributed by atoms with van der Waals surface area (Å²) in [4.78, 5) is 0. The molecule has 10 heavy (non-hydrogen) atoms. The Morgan fingerprint density at radius 1 is 1.40 bits per heavy atom. The zero-order valence-electron chi connectivity index (χ0n) is 6.89. The first-order valence-electron chi connectivity index (χ1n) is 3.68. The smallest absolute Gasteiger partial charge is 0.127 e. The van der Waals surface area contributed by atoms with E-state index in [0.29, 0.717) is 6.04 Å². The Hall–Kier alpha value is -0.150. The van der Waals surface area contributed by atoms with Crippen molar-refractivity contribution in [2.24, 2.45) is 5.73 Å². The van der Waals surface area contributed by atoms with Crippen LogP contribution in [0.2, 0.25) is 0 Å². The normalized spacial score (nSPS) is 17.4. The molecule has 0 aromatic carbocycles. The molecule has 62 valence electrons. The minimum Gasteiger partial charge on any atom is -0.328 e. The highest BCUT2D eigenvalue weighted by atomic mass is 19.1. The molecule has 0 aliphatic rings. The van der Waals surface area contributed by atoms with Crippen LogP contribution in [0.1, 0.15) is 20.8 Å². The second-order valence-electron chi connectivity index (χ2n) is 2.86. The first kappa shape index (κ1) is 9.85. The second-order valence-corrected chi connectivity index (χ2v) is 2.86. The van der Waals surface area contributed by atoms with Gasteiger partial charge >= 0.3 is 0 Å². The third kappa shape index (κ3) is 3.80. The number of nitrogens with two attached hydrogens (primary N) is 1. The van der Waals surface area contributed by atoms with E-state index in [1.165, 1.54) is 0 Å². The Kier molecular flexibility index (Phi) is 4.56. The van der Waals surface area contributed by atoms with Crippen LogP contribution in [0.15, 0.2) is 0 Å². The van der Waals surface area contributed by atoms with Gasteiger partial charge in [0.1, 0.15) is 6.17 Å². The standard InChI is InChI=1S/C7H17FN2/c1-5(2)10-6(3)7(8)4-9/h5-7,10H,4,9H2,1-3H3/t6?,7-/m0/s1. The van der Waals surface area contributed by atoms with Gasteiger partial charge < -0.3 is 11.1 Å². The number of nitrogens with one attached hydrogen (secondary N) is 1. The lowest BCUT2D eigenvalue weighted by Gasteiger charge is -2.19. The quantitative estimate of drug-likeness (QED) is 0.615. The summed E-state index contributed by atoms with van der Waals surface area (Å²) in [6, 6.07) is 0.185. The zero-order chi connectivity index (χ0) is 8.15. The molecule has 1 unspecified atom stereocenters. The number of alkyl halides is 1. The third-order valence-corrected chi connectivity index (χ3v) is 1.36. The molecule has 3 heteroatoms. The maximum Gasteiger partial charge on any atom is 0.127 e. The van der Waals surface area contributed by atoms with Crippen molar-refractivity contribution in [1.82, 2.24) is 5.32 Å². The minimum absolute atomic E-state index is 0.0981. The maximum atomic E-state index is 12.7. The predicted octanol–water partition coefficient (Wildman–Crippen LogP) is 0.670. The minimum atomic E-state index is -0.928. The molecule has 3 N–H and O–H groups in total. The van der Waals surface area contributed by atoms with Crippen LogP contribution in [0.4, 0.5) is 4.39 Å². The molecule has 0 aliphatic carbocycles. The van der Waals surface area contributed by atoms with Crippen molar-refractivity contribution < 1.29 is 4.39 Å². The van der Waals surface area contributed by atoms with E-state index in [2.05, 4.69) is 5.32 Å². The third-order valence-electron chi connectivity index (χ3n) is 1.36. The van der Waals surface area contributed by atoms with E-state index in [9.17, 15) is 4.39 Å². The molecule has 0 amide bonds. The van der Waals surface area contributed by atoms with Crippen LogP contribution in [-0.2, 0) is 0 Å². The van der Waals surface area contributed by atoms with E-state index in [0.717, 1.165) is 0 Å². The van der Waals surface area contributed by atoms with Gasteiger partial charge in [-0.2, -0.15) is 0 Å². The van der Waals surface area contributed by atoms with Gasteiger partial charge in [0, 0.05) is 18.6 Å².